The Kier molecular flexibility index (Phi) is 4.44. The molecule has 8 heteroatoms. The van der Waals surface area contributed by atoms with E-state index in [4.69, 9.17) is 5.73 Å². The van der Waals surface area contributed by atoms with Gasteiger partial charge in [0.1, 0.15) is 17.5 Å². The number of aromatic nitrogens is 2. The van der Waals surface area contributed by atoms with Crippen LogP contribution in [-0.4, -0.2) is 27.8 Å². The third kappa shape index (κ3) is 4.68. The van der Waals surface area contributed by atoms with Crippen LogP contribution in [0.5, 0.6) is 0 Å². The van der Waals surface area contributed by atoms with Gasteiger partial charge in [0, 0.05) is 17.9 Å². The van der Waals surface area contributed by atoms with Crippen LogP contribution in [0.4, 0.5) is 24.8 Å². The fraction of sp³-hybridized carbons (Fsp3) is 0.556. The maximum Gasteiger partial charge on any atom is 0.441 e. The number of thioether (sulfide) groups is 1. The first-order valence-corrected chi connectivity index (χ1v) is 5.83. The highest BCUT2D eigenvalue weighted by molar-refractivity contribution is 8.00. The first-order valence-electron chi connectivity index (χ1n) is 4.85. The number of nitrogens with zero attached hydrogens (tertiary/aromatic N) is 2. The van der Waals surface area contributed by atoms with E-state index >= 15 is 0 Å². The Labute approximate surface area is 101 Å². The molecule has 0 bridgehead atoms. The Morgan fingerprint density at radius 3 is 2.53 bits per heavy atom. The van der Waals surface area contributed by atoms with Crippen LogP contribution >= 0.6 is 11.8 Å². The third-order valence-corrected chi connectivity index (χ3v) is 2.69. The molecule has 0 saturated carbocycles. The number of aryl methyl sites for hydroxylation is 1. The van der Waals surface area contributed by atoms with E-state index in [1.807, 2.05) is 0 Å². The number of hydrogen-bond donors (Lipinski definition) is 2. The number of halogens is 3. The summed E-state index contributed by atoms with van der Waals surface area (Å²) in [7, 11) is 0. The lowest BCUT2D eigenvalue weighted by Crippen LogP contribution is -2.13. The molecule has 0 aliphatic rings. The van der Waals surface area contributed by atoms with E-state index in [0.717, 1.165) is 0 Å². The van der Waals surface area contributed by atoms with E-state index in [2.05, 4.69) is 15.3 Å². The standard InChI is InChI=1S/C9H13F3N4S/c1-5-7(13)15-6(2)16-8(5)14-3-4-17-9(10,11)12/h3-4H2,1-2H3,(H3,13,14,15,16). The summed E-state index contributed by atoms with van der Waals surface area (Å²) in [6.07, 6.45) is 0. The molecule has 1 aromatic heterocycles. The molecule has 0 fully saturated rings. The molecule has 1 aromatic rings. The Hall–Kier alpha value is -1.18. The van der Waals surface area contributed by atoms with Crippen LogP contribution in [0.25, 0.3) is 0 Å². The molecule has 0 atom stereocenters. The molecule has 0 radical (unpaired) electrons. The maximum atomic E-state index is 11.9. The number of nitrogens with two attached hydrogens (primary N) is 1. The minimum atomic E-state index is -4.20. The normalized spacial score (nSPS) is 11.6. The van der Waals surface area contributed by atoms with Crippen molar-refractivity contribution in [2.75, 3.05) is 23.3 Å². The summed E-state index contributed by atoms with van der Waals surface area (Å²) in [6, 6.07) is 0. The molecule has 0 amide bonds. The Morgan fingerprint density at radius 1 is 1.29 bits per heavy atom. The van der Waals surface area contributed by atoms with E-state index in [-0.39, 0.29) is 24.1 Å². The monoisotopic (exact) mass is 266 g/mol. The van der Waals surface area contributed by atoms with Crippen molar-refractivity contribution in [2.45, 2.75) is 19.4 Å². The van der Waals surface area contributed by atoms with Gasteiger partial charge in [-0.2, -0.15) is 13.2 Å². The summed E-state index contributed by atoms with van der Waals surface area (Å²) in [6.45, 7) is 3.56. The molecular formula is C9H13F3N4S. The highest BCUT2D eigenvalue weighted by Crippen LogP contribution is 2.29. The highest BCUT2D eigenvalue weighted by Gasteiger charge is 2.27. The van der Waals surface area contributed by atoms with Gasteiger partial charge >= 0.3 is 5.51 Å². The molecule has 0 spiro atoms. The van der Waals surface area contributed by atoms with Crippen molar-refractivity contribution >= 4 is 23.4 Å². The highest BCUT2D eigenvalue weighted by atomic mass is 32.2. The van der Waals surface area contributed by atoms with Gasteiger partial charge in [0.15, 0.2) is 0 Å². The molecule has 0 unspecified atom stereocenters. The minimum absolute atomic E-state index is 0.0701. The van der Waals surface area contributed by atoms with Crippen molar-refractivity contribution in [2.24, 2.45) is 0 Å². The summed E-state index contributed by atoms with van der Waals surface area (Å²) in [5.41, 5.74) is 2.07. The second-order valence-electron chi connectivity index (χ2n) is 3.35. The van der Waals surface area contributed by atoms with E-state index in [9.17, 15) is 13.2 Å². The van der Waals surface area contributed by atoms with E-state index in [1.54, 1.807) is 13.8 Å². The Balaban J connectivity index is 2.52. The largest absolute Gasteiger partial charge is 0.441 e. The molecule has 1 rings (SSSR count). The quantitative estimate of drug-likeness (QED) is 0.819. The van der Waals surface area contributed by atoms with Crippen LogP contribution < -0.4 is 11.1 Å². The third-order valence-electron chi connectivity index (χ3n) is 1.96. The van der Waals surface area contributed by atoms with Gasteiger partial charge in [-0.15, -0.1) is 0 Å². The fourth-order valence-electron chi connectivity index (χ4n) is 1.16. The Bertz CT molecular complexity index is 395. The summed E-state index contributed by atoms with van der Waals surface area (Å²) in [5, 5.41) is 2.82. The topological polar surface area (TPSA) is 63.8 Å². The fourth-order valence-corrected chi connectivity index (χ4v) is 1.59. The van der Waals surface area contributed by atoms with E-state index in [1.165, 1.54) is 0 Å². The predicted molar refractivity (Wildman–Crippen MR) is 62.9 cm³/mol. The van der Waals surface area contributed by atoms with Crippen molar-refractivity contribution in [1.29, 1.82) is 0 Å². The molecule has 3 N–H and O–H groups in total. The van der Waals surface area contributed by atoms with Crippen LogP contribution in [0.2, 0.25) is 0 Å². The average Bonchev–Trinajstić information content (AvgIpc) is 2.18. The number of nitrogens with one attached hydrogen (secondary N) is 1. The van der Waals surface area contributed by atoms with Crippen LogP contribution in [0, 0.1) is 13.8 Å². The van der Waals surface area contributed by atoms with Crippen molar-refractivity contribution in [1.82, 2.24) is 9.97 Å². The van der Waals surface area contributed by atoms with E-state index < -0.39 is 5.51 Å². The van der Waals surface area contributed by atoms with Gasteiger partial charge in [-0.25, -0.2) is 9.97 Å². The van der Waals surface area contributed by atoms with Crippen LogP contribution in [-0.2, 0) is 0 Å². The molecule has 4 nitrogen and oxygen atoms in total. The Morgan fingerprint density at radius 2 is 1.94 bits per heavy atom. The van der Waals surface area contributed by atoms with Crippen LogP contribution in [0.3, 0.4) is 0 Å². The van der Waals surface area contributed by atoms with Gasteiger partial charge in [-0.05, 0) is 25.6 Å². The lowest BCUT2D eigenvalue weighted by atomic mass is 10.3. The van der Waals surface area contributed by atoms with Crippen molar-refractivity contribution in [3.63, 3.8) is 0 Å². The summed E-state index contributed by atoms with van der Waals surface area (Å²) in [4.78, 5) is 8.02. The average molecular weight is 266 g/mol. The second kappa shape index (κ2) is 5.44. The van der Waals surface area contributed by atoms with Gasteiger partial charge in [0.2, 0.25) is 0 Å². The minimum Gasteiger partial charge on any atom is -0.383 e. The number of anilines is 2. The zero-order valence-corrected chi connectivity index (χ0v) is 10.2. The van der Waals surface area contributed by atoms with Gasteiger partial charge < -0.3 is 11.1 Å². The van der Waals surface area contributed by atoms with Gasteiger partial charge in [-0.1, -0.05) is 0 Å². The van der Waals surface area contributed by atoms with Gasteiger partial charge in [-0.3, -0.25) is 0 Å². The summed E-state index contributed by atoms with van der Waals surface area (Å²) in [5.74, 6) is 1.23. The van der Waals surface area contributed by atoms with Crippen LogP contribution in [0.15, 0.2) is 0 Å². The summed E-state index contributed by atoms with van der Waals surface area (Å²) < 4.78 is 35.6. The van der Waals surface area contributed by atoms with Crippen LogP contribution in [0.1, 0.15) is 11.4 Å². The van der Waals surface area contributed by atoms with Gasteiger partial charge in [0.25, 0.3) is 0 Å². The lowest BCUT2D eigenvalue weighted by molar-refractivity contribution is -0.0327. The molecule has 1 heterocycles. The van der Waals surface area contributed by atoms with E-state index in [0.29, 0.717) is 23.0 Å². The molecule has 0 aromatic carbocycles. The molecular weight excluding hydrogens is 253 g/mol. The van der Waals surface area contributed by atoms with Gasteiger partial charge in [0.05, 0.1) is 0 Å². The summed E-state index contributed by atoms with van der Waals surface area (Å²) >= 11 is -0.0701. The second-order valence-corrected chi connectivity index (χ2v) is 4.51. The van der Waals surface area contributed by atoms with Crippen molar-refractivity contribution < 1.29 is 13.2 Å². The molecule has 96 valence electrons. The first kappa shape index (κ1) is 13.9. The molecule has 17 heavy (non-hydrogen) atoms. The molecule has 0 aliphatic heterocycles. The number of alkyl halides is 3. The number of rotatable bonds is 4. The first-order chi connectivity index (χ1) is 7.79. The van der Waals surface area contributed by atoms with Crippen molar-refractivity contribution in [3.8, 4) is 0 Å². The lowest BCUT2D eigenvalue weighted by Gasteiger charge is -2.11. The number of nitrogen functional groups attached to an aromatic ring is 1. The molecule has 0 saturated heterocycles. The number of hydrogen-bond acceptors (Lipinski definition) is 5. The maximum absolute atomic E-state index is 11.9. The molecule has 0 aliphatic carbocycles. The zero-order chi connectivity index (χ0) is 13.1. The van der Waals surface area contributed by atoms with Crippen molar-refractivity contribution in [3.05, 3.63) is 11.4 Å². The smallest absolute Gasteiger partial charge is 0.383 e. The SMILES string of the molecule is Cc1nc(N)c(C)c(NCCSC(F)(F)F)n1. The predicted octanol–water partition coefficient (Wildman–Crippen LogP) is 2.34. The zero-order valence-electron chi connectivity index (χ0n) is 9.43.